The number of carbonyl (C=O) groups is 2. The van der Waals surface area contributed by atoms with Gasteiger partial charge in [0.2, 0.25) is 0 Å². The fraction of sp³-hybridized carbons (Fsp3) is 0.680. The Bertz CT molecular complexity index is 676. The number of benzene rings is 1. The molecule has 0 aromatic heterocycles. The van der Waals surface area contributed by atoms with Gasteiger partial charge in [-0.15, -0.1) is 0 Å². The van der Waals surface area contributed by atoms with Gasteiger partial charge in [-0.05, 0) is 43.9 Å². The molecule has 0 aliphatic carbocycles. The minimum Gasteiger partial charge on any atom is -0.492 e. The molecule has 8 nitrogen and oxygen atoms in total. The monoisotopic (exact) mass is 467 g/mol. The molecule has 8 heteroatoms. The molecule has 1 rings (SSSR count). The first-order valence-electron chi connectivity index (χ1n) is 11.8. The van der Waals surface area contributed by atoms with Crippen LogP contribution in [-0.4, -0.2) is 73.8 Å². The van der Waals surface area contributed by atoms with Crippen molar-refractivity contribution in [2.24, 2.45) is 5.92 Å². The van der Waals surface area contributed by atoms with Crippen LogP contribution in [0.2, 0.25) is 0 Å². The van der Waals surface area contributed by atoms with Crippen molar-refractivity contribution < 1.29 is 33.6 Å². The first kappa shape index (κ1) is 28.7. The zero-order valence-corrected chi connectivity index (χ0v) is 20.7. The SMILES string of the molecule is CCCCOCCN(CCOc1ccc(CC(OC(C)C)C(=O)O)cc1)C(=O)OCC(C)C. The molecule has 1 aromatic carbocycles. The summed E-state index contributed by atoms with van der Waals surface area (Å²) in [7, 11) is 0. The second-order valence-corrected chi connectivity index (χ2v) is 8.63. The van der Waals surface area contributed by atoms with E-state index >= 15 is 0 Å². The number of ether oxygens (including phenoxy) is 4. The van der Waals surface area contributed by atoms with Gasteiger partial charge in [-0.25, -0.2) is 9.59 Å². The molecule has 0 radical (unpaired) electrons. The molecule has 0 aliphatic heterocycles. The third-order valence-electron chi connectivity index (χ3n) is 4.63. The molecule has 0 heterocycles. The van der Waals surface area contributed by atoms with Crippen molar-refractivity contribution in [1.82, 2.24) is 4.90 Å². The molecule has 33 heavy (non-hydrogen) atoms. The van der Waals surface area contributed by atoms with E-state index in [4.69, 9.17) is 18.9 Å². The lowest BCUT2D eigenvalue weighted by molar-refractivity contribution is -0.153. The summed E-state index contributed by atoms with van der Waals surface area (Å²) in [4.78, 5) is 25.4. The highest BCUT2D eigenvalue weighted by Crippen LogP contribution is 2.15. The second kappa shape index (κ2) is 16.3. The van der Waals surface area contributed by atoms with Crippen LogP contribution >= 0.6 is 0 Å². The number of aliphatic carboxylic acids is 1. The molecule has 1 aromatic rings. The Labute approximate surface area is 198 Å². The third kappa shape index (κ3) is 13.1. The summed E-state index contributed by atoms with van der Waals surface area (Å²) in [5.41, 5.74) is 0.846. The highest BCUT2D eigenvalue weighted by atomic mass is 16.6. The summed E-state index contributed by atoms with van der Waals surface area (Å²) in [6.07, 6.45) is 0.915. The van der Waals surface area contributed by atoms with E-state index in [2.05, 4.69) is 6.92 Å². The molecule has 0 bridgehead atoms. The van der Waals surface area contributed by atoms with Gasteiger partial charge in [-0.1, -0.05) is 39.3 Å². The number of hydrogen-bond acceptors (Lipinski definition) is 6. The van der Waals surface area contributed by atoms with E-state index in [9.17, 15) is 14.7 Å². The maximum absolute atomic E-state index is 12.4. The maximum atomic E-state index is 12.4. The van der Waals surface area contributed by atoms with Crippen molar-refractivity contribution in [3.63, 3.8) is 0 Å². The van der Waals surface area contributed by atoms with Crippen LogP contribution in [0, 0.1) is 5.92 Å². The van der Waals surface area contributed by atoms with Crippen LogP contribution in [0.5, 0.6) is 5.75 Å². The van der Waals surface area contributed by atoms with Crippen molar-refractivity contribution in [1.29, 1.82) is 0 Å². The summed E-state index contributed by atoms with van der Waals surface area (Å²) < 4.78 is 22.2. The lowest BCUT2D eigenvalue weighted by atomic mass is 10.1. The standard InChI is InChI=1S/C25H41NO7/c1-6-7-14-30-15-12-26(25(29)32-18-19(2)3)13-16-31-22-10-8-21(9-11-22)17-23(24(27)28)33-20(4)5/h8-11,19-20,23H,6-7,12-18H2,1-5H3,(H,27,28). The van der Waals surface area contributed by atoms with Crippen molar-refractivity contribution in [3.8, 4) is 5.75 Å². The minimum atomic E-state index is -0.979. The lowest BCUT2D eigenvalue weighted by Gasteiger charge is -2.23. The van der Waals surface area contributed by atoms with Gasteiger partial charge in [0.1, 0.15) is 12.4 Å². The summed E-state index contributed by atoms with van der Waals surface area (Å²) in [5.74, 6) is -0.0738. The van der Waals surface area contributed by atoms with Crippen LogP contribution in [-0.2, 0) is 25.4 Å². The summed E-state index contributed by atoms with van der Waals surface area (Å²) in [6, 6.07) is 7.23. The minimum absolute atomic E-state index is 0.166. The van der Waals surface area contributed by atoms with Crippen LogP contribution < -0.4 is 4.74 Å². The Morgan fingerprint density at radius 3 is 2.24 bits per heavy atom. The third-order valence-corrected chi connectivity index (χ3v) is 4.63. The molecule has 1 unspecified atom stereocenters. The van der Waals surface area contributed by atoms with E-state index in [1.165, 1.54) is 0 Å². The predicted octanol–water partition coefficient (Wildman–Crippen LogP) is 4.40. The molecule has 1 atom stereocenters. The number of carboxylic acids is 1. The molecule has 0 spiro atoms. The molecule has 1 N–H and O–H groups in total. The average Bonchev–Trinajstić information content (AvgIpc) is 2.76. The molecular formula is C25H41NO7. The van der Waals surface area contributed by atoms with E-state index in [1.54, 1.807) is 17.0 Å². The Hall–Kier alpha value is -2.32. The molecule has 0 saturated heterocycles. The van der Waals surface area contributed by atoms with Crippen LogP contribution in [0.25, 0.3) is 0 Å². The molecule has 0 fully saturated rings. The van der Waals surface area contributed by atoms with Gasteiger partial charge in [0.05, 0.1) is 25.9 Å². The Balaban J connectivity index is 2.56. The topological polar surface area (TPSA) is 94.5 Å². The summed E-state index contributed by atoms with van der Waals surface area (Å²) >= 11 is 0. The van der Waals surface area contributed by atoms with E-state index in [1.807, 2.05) is 39.8 Å². The molecule has 188 valence electrons. The Morgan fingerprint density at radius 2 is 1.67 bits per heavy atom. The number of carboxylic acid groups (broad SMARTS) is 1. The quantitative estimate of drug-likeness (QED) is 0.339. The average molecular weight is 468 g/mol. The summed E-state index contributed by atoms with van der Waals surface area (Å²) in [5, 5.41) is 9.32. The maximum Gasteiger partial charge on any atom is 0.409 e. The first-order chi connectivity index (χ1) is 15.7. The van der Waals surface area contributed by atoms with Gasteiger partial charge in [-0.2, -0.15) is 0 Å². The lowest BCUT2D eigenvalue weighted by Crippen LogP contribution is -2.38. The highest BCUT2D eigenvalue weighted by Gasteiger charge is 2.20. The van der Waals surface area contributed by atoms with Crippen LogP contribution in [0.15, 0.2) is 24.3 Å². The van der Waals surface area contributed by atoms with Gasteiger partial charge in [-0.3, -0.25) is 0 Å². The van der Waals surface area contributed by atoms with Crippen molar-refractivity contribution >= 4 is 12.1 Å². The van der Waals surface area contributed by atoms with Gasteiger partial charge >= 0.3 is 12.1 Å². The number of nitrogens with zero attached hydrogens (tertiary/aromatic N) is 1. The largest absolute Gasteiger partial charge is 0.492 e. The second-order valence-electron chi connectivity index (χ2n) is 8.63. The van der Waals surface area contributed by atoms with Crippen LogP contribution in [0.4, 0.5) is 4.79 Å². The van der Waals surface area contributed by atoms with Gasteiger partial charge < -0.3 is 29.0 Å². The smallest absolute Gasteiger partial charge is 0.409 e. The Morgan fingerprint density at radius 1 is 1.00 bits per heavy atom. The zero-order valence-electron chi connectivity index (χ0n) is 20.7. The van der Waals surface area contributed by atoms with Crippen molar-refractivity contribution in [3.05, 3.63) is 29.8 Å². The molecule has 0 saturated carbocycles. The summed E-state index contributed by atoms with van der Waals surface area (Å²) in [6.45, 7) is 12.3. The number of rotatable bonds is 17. The van der Waals surface area contributed by atoms with Crippen molar-refractivity contribution in [2.75, 3.05) is 39.5 Å². The fourth-order valence-electron chi connectivity index (χ4n) is 2.88. The normalized spacial score (nSPS) is 12.1. The zero-order chi connectivity index (χ0) is 24.6. The fourth-order valence-corrected chi connectivity index (χ4v) is 2.88. The van der Waals surface area contributed by atoms with Crippen molar-refractivity contribution in [2.45, 2.75) is 66.1 Å². The van der Waals surface area contributed by atoms with Crippen LogP contribution in [0.1, 0.15) is 53.0 Å². The van der Waals surface area contributed by atoms with E-state index in [0.717, 1.165) is 18.4 Å². The number of amides is 1. The van der Waals surface area contributed by atoms with Gasteiger partial charge in [0.15, 0.2) is 6.10 Å². The van der Waals surface area contributed by atoms with E-state index in [-0.39, 0.29) is 24.5 Å². The van der Waals surface area contributed by atoms with Gasteiger partial charge in [0.25, 0.3) is 0 Å². The number of carbonyl (C=O) groups excluding carboxylic acids is 1. The first-order valence-corrected chi connectivity index (χ1v) is 11.8. The predicted molar refractivity (Wildman–Crippen MR) is 127 cm³/mol. The number of hydrogen-bond donors (Lipinski definition) is 1. The van der Waals surface area contributed by atoms with Gasteiger partial charge in [0, 0.05) is 19.6 Å². The highest BCUT2D eigenvalue weighted by molar-refractivity contribution is 5.72. The van der Waals surface area contributed by atoms with E-state index < -0.39 is 12.1 Å². The van der Waals surface area contributed by atoms with E-state index in [0.29, 0.717) is 45.3 Å². The Kier molecular flexibility index (Phi) is 14.2. The van der Waals surface area contributed by atoms with Crippen LogP contribution in [0.3, 0.4) is 0 Å². The molecular weight excluding hydrogens is 426 g/mol. The molecule has 1 amide bonds. The number of unbranched alkanes of at least 4 members (excludes halogenated alkanes) is 1. The molecule has 0 aliphatic rings.